The van der Waals surface area contributed by atoms with E-state index in [-0.39, 0.29) is 19.2 Å². The van der Waals surface area contributed by atoms with Crippen LogP contribution in [-0.4, -0.2) is 74.9 Å². The van der Waals surface area contributed by atoms with E-state index in [2.05, 4.69) is 6.92 Å². The van der Waals surface area contributed by atoms with Crippen LogP contribution in [-0.2, 0) is 32.7 Å². The third-order valence-corrected chi connectivity index (χ3v) is 11.7. The van der Waals surface area contributed by atoms with Crippen molar-refractivity contribution in [2.75, 3.05) is 47.5 Å². The lowest BCUT2D eigenvalue weighted by Gasteiger charge is -2.24. The number of carbonyl (C=O) groups excluding carboxylic acids is 2. The highest BCUT2D eigenvalue weighted by Crippen LogP contribution is 2.43. The molecule has 0 aliphatic rings. The molecular formula is C46H93NO8P+. The standard InChI is InChI=1S/C46H92NO8P/c1-6-7-8-9-10-11-12-13-14-15-16-17-18-19-20-21-22-23-24-25-26-27-28-29-30-31-32-33-34-35-36-37-38-39-46(49)52-42-45(55-44(2)48)43-54-56(50,51)53-41-40-47(3,4)5/h45H,6-43H2,1-5H3/p+1/t45-/m1/s1. The van der Waals surface area contributed by atoms with Crippen molar-refractivity contribution in [1.82, 2.24) is 0 Å². The van der Waals surface area contributed by atoms with Crippen molar-refractivity contribution >= 4 is 19.8 Å². The maximum Gasteiger partial charge on any atom is 0.472 e. The molecular weight excluding hydrogens is 725 g/mol. The maximum atomic E-state index is 12.2. The number of ether oxygens (including phenoxy) is 2. The minimum atomic E-state index is -4.32. The van der Waals surface area contributed by atoms with Gasteiger partial charge in [-0.05, 0) is 6.42 Å². The van der Waals surface area contributed by atoms with Gasteiger partial charge in [-0.15, -0.1) is 0 Å². The van der Waals surface area contributed by atoms with Gasteiger partial charge < -0.3 is 18.9 Å². The first-order valence-electron chi connectivity index (χ1n) is 23.7. The normalized spacial score (nSPS) is 13.5. The fourth-order valence-electron chi connectivity index (χ4n) is 7.08. The molecule has 0 aromatic rings. The van der Waals surface area contributed by atoms with Gasteiger partial charge in [-0.2, -0.15) is 0 Å². The van der Waals surface area contributed by atoms with Crippen LogP contribution < -0.4 is 0 Å². The fourth-order valence-corrected chi connectivity index (χ4v) is 7.82. The quantitative estimate of drug-likeness (QED) is 0.0280. The molecule has 56 heavy (non-hydrogen) atoms. The molecule has 1 N–H and O–H groups in total. The summed E-state index contributed by atoms with van der Waals surface area (Å²) in [5, 5.41) is 0. The Morgan fingerprint density at radius 3 is 1.14 bits per heavy atom. The molecule has 9 nitrogen and oxygen atoms in total. The second-order valence-electron chi connectivity index (χ2n) is 17.6. The van der Waals surface area contributed by atoms with Crippen LogP contribution in [0, 0.1) is 0 Å². The Kier molecular flexibility index (Phi) is 38.8. The van der Waals surface area contributed by atoms with E-state index < -0.39 is 26.5 Å². The minimum absolute atomic E-state index is 0.0320. The highest BCUT2D eigenvalue weighted by molar-refractivity contribution is 7.47. The van der Waals surface area contributed by atoms with Crippen molar-refractivity contribution in [2.24, 2.45) is 0 Å². The number of unbranched alkanes of at least 4 members (excludes halogenated alkanes) is 32. The van der Waals surface area contributed by atoms with Gasteiger partial charge in [-0.3, -0.25) is 18.6 Å². The zero-order chi connectivity index (χ0) is 41.4. The number of likely N-dealkylation sites (N-methyl/N-ethyl adjacent to an activating group) is 1. The smallest absolute Gasteiger partial charge is 0.462 e. The first-order valence-corrected chi connectivity index (χ1v) is 25.2. The van der Waals surface area contributed by atoms with E-state index in [1.54, 1.807) is 0 Å². The van der Waals surface area contributed by atoms with Crippen molar-refractivity contribution in [2.45, 2.75) is 238 Å². The number of quaternary nitrogens is 1. The zero-order valence-electron chi connectivity index (χ0n) is 37.6. The molecule has 0 heterocycles. The van der Waals surface area contributed by atoms with E-state index in [1.807, 2.05) is 21.1 Å². The number of rotatable bonds is 44. The van der Waals surface area contributed by atoms with Crippen LogP contribution in [0.25, 0.3) is 0 Å². The molecule has 0 fully saturated rings. The van der Waals surface area contributed by atoms with Crippen molar-refractivity contribution in [3.63, 3.8) is 0 Å². The lowest BCUT2D eigenvalue weighted by atomic mass is 10.0. The molecule has 0 spiro atoms. The van der Waals surface area contributed by atoms with Crippen LogP contribution in [0.2, 0.25) is 0 Å². The highest BCUT2D eigenvalue weighted by atomic mass is 31.2. The van der Waals surface area contributed by atoms with Crippen LogP contribution in [0.15, 0.2) is 0 Å². The molecule has 0 bridgehead atoms. The monoisotopic (exact) mass is 819 g/mol. The van der Waals surface area contributed by atoms with Crippen LogP contribution in [0.3, 0.4) is 0 Å². The van der Waals surface area contributed by atoms with Gasteiger partial charge in [0.15, 0.2) is 6.10 Å². The Labute approximate surface area is 346 Å². The summed E-state index contributed by atoms with van der Waals surface area (Å²) in [6, 6.07) is 0. The lowest BCUT2D eigenvalue weighted by Crippen LogP contribution is -2.37. The number of phosphoric acid groups is 1. The average molecular weight is 819 g/mol. The molecule has 0 aliphatic heterocycles. The molecule has 334 valence electrons. The van der Waals surface area contributed by atoms with Crippen LogP contribution >= 0.6 is 7.82 Å². The highest BCUT2D eigenvalue weighted by Gasteiger charge is 2.26. The van der Waals surface area contributed by atoms with E-state index in [1.165, 1.54) is 200 Å². The number of esters is 2. The van der Waals surface area contributed by atoms with E-state index in [9.17, 15) is 19.0 Å². The Bertz CT molecular complexity index is 927. The zero-order valence-corrected chi connectivity index (χ0v) is 38.5. The molecule has 10 heteroatoms. The SMILES string of the molecule is CCCCCCCCCCCCCCCCCCCCCCCCCCCCCCCCCCCC(=O)OC[C@H](COP(=O)(O)OCC[N+](C)(C)C)OC(C)=O. The molecule has 0 amide bonds. The summed E-state index contributed by atoms with van der Waals surface area (Å²) in [5.74, 6) is -0.978. The predicted octanol–water partition coefficient (Wildman–Crippen LogP) is 13.6. The van der Waals surface area contributed by atoms with Crippen LogP contribution in [0.4, 0.5) is 0 Å². The average Bonchev–Trinajstić information content (AvgIpc) is 3.14. The number of hydrogen-bond acceptors (Lipinski definition) is 7. The Hall–Kier alpha value is -0.990. The molecule has 0 saturated carbocycles. The molecule has 0 aromatic heterocycles. The van der Waals surface area contributed by atoms with Crippen molar-refractivity contribution in [3.8, 4) is 0 Å². The van der Waals surface area contributed by atoms with E-state index >= 15 is 0 Å². The Morgan fingerprint density at radius 2 is 0.839 bits per heavy atom. The molecule has 0 aliphatic carbocycles. The molecule has 0 aromatic carbocycles. The summed E-state index contributed by atoms with van der Waals surface area (Å²) in [5.41, 5.74) is 0. The van der Waals surface area contributed by atoms with Gasteiger partial charge in [0, 0.05) is 13.3 Å². The predicted molar refractivity (Wildman–Crippen MR) is 234 cm³/mol. The maximum absolute atomic E-state index is 12.2. The van der Waals surface area contributed by atoms with E-state index in [0.29, 0.717) is 17.4 Å². The second-order valence-corrected chi connectivity index (χ2v) is 19.0. The Balaban J connectivity index is 3.46. The molecule has 2 atom stereocenters. The topological polar surface area (TPSA) is 108 Å². The number of carbonyl (C=O) groups is 2. The van der Waals surface area contributed by atoms with Crippen LogP contribution in [0.5, 0.6) is 0 Å². The van der Waals surface area contributed by atoms with E-state index in [0.717, 1.165) is 19.3 Å². The first kappa shape index (κ1) is 55.0. The Morgan fingerprint density at radius 1 is 0.518 bits per heavy atom. The number of hydrogen-bond donors (Lipinski definition) is 1. The summed E-state index contributed by atoms with van der Waals surface area (Å²) in [6.45, 7) is 3.41. The van der Waals surface area contributed by atoms with E-state index in [4.69, 9.17) is 18.5 Å². The van der Waals surface area contributed by atoms with Gasteiger partial charge in [-0.1, -0.05) is 212 Å². The minimum Gasteiger partial charge on any atom is -0.462 e. The molecule has 1 unspecified atom stereocenters. The summed E-state index contributed by atoms with van der Waals surface area (Å²) in [6.07, 6.45) is 44.5. The van der Waals surface area contributed by atoms with Gasteiger partial charge in [0.05, 0.1) is 27.7 Å². The van der Waals surface area contributed by atoms with Gasteiger partial charge >= 0.3 is 19.8 Å². The molecule has 0 radical (unpaired) electrons. The summed E-state index contributed by atoms with van der Waals surface area (Å²) >= 11 is 0. The largest absolute Gasteiger partial charge is 0.472 e. The van der Waals surface area contributed by atoms with Gasteiger partial charge in [-0.25, -0.2) is 4.57 Å². The van der Waals surface area contributed by atoms with Crippen molar-refractivity contribution < 1.29 is 42.1 Å². The van der Waals surface area contributed by atoms with Crippen molar-refractivity contribution in [3.05, 3.63) is 0 Å². The number of phosphoric ester groups is 1. The van der Waals surface area contributed by atoms with Gasteiger partial charge in [0.25, 0.3) is 0 Å². The van der Waals surface area contributed by atoms with Gasteiger partial charge in [0.1, 0.15) is 19.8 Å². The fraction of sp³-hybridized carbons (Fsp3) is 0.957. The third kappa shape index (κ3) is 44.1. The summed E-state index contributed by atoms with van der Waals surface area (Å²) < 4.78 is 33.0. The molecule has 0 saturated heterocycles. The van der Waals surface area contributed by atoms with Crippen LogP contribution in [0.1, 0.15) is 232 Å². The van der Waals surface area contributed by atoms with Crippen molar-refractivity contribution in [1.29, 1.82) is 0 Å². The molecule has 0 rings (SSSR count). The summed E-state index contributed by atoms with van der Waals surface area (Å²) in [4.78, 5) is 33.6. The summed E-state index contributed by atoms with van der Waals surface area (Å²) in [7, 11) is 1.48. The number of nitrogens with zero attached hydrogens (tertiary/aromatic N) is 1. The lowest BCUT2D eigenvalue weighted by molar-refractivity contribution is -0.870. The van der Waals surface area contributed by atoms with Gasteiger partial charge in [0.2, 0.25) is 0 Å². The third-order valence-electron chi connectivity index (χ3n) is 10.7. The second kappa shape index (κ2) is 39.5. The first-order chi connectivity index (χ1) is 26.9.